The molecule has 1 amide bonds. The minimum atomic E-state index is -3.67. The summed E-state index contributed by atoms with van der Waals surface area (Å²) in [5, 5.41) is 2.60. The van der Waals surface area contributed by atoms with Crippen LogP contribution >= 0.6 is 0 Å². The third-order valence-corrected chi connectivity index (χ3v) is 4.13. The zero-order valence-electron chi connectivity index (χ0n) is 11.7. The molecule has 6 nitrogen and oxygen atoms in total. The van der Waals surface area contributed by atoms with Crippen LogP contribution in [0.1, 0.15) is 31.9 Å². The standard InChI is InChI=1S/C13H21N3O3S/c1-3-8-15-13(17)9-16-20(18,19)12-6-4-11(5-7-12)10(2)14/h4-7,10,16H,3,8-9,14H2,1-2H3,(H,15,17). The van der Waals surface area contributed by atoms with Gasteiger partial charge in [0, 0.05) is 12.6 Å². The van der Waals surface area contributed by atoms with Crippen molar-refractivity contribution in [2.45, 2.75) is 31.2 Å². The molecule has 0 radical (unpaired) electrons. The Balaban J connectivity index is 2.66. The van der Waals surface area contributed by atoms with Gasteiger partial charge >= 0.3 is 0 Å². The molecule has 0 aromatic heterocycles. The molecule has 0 saturated heterocycles. The molecule has 0 spiro atoms. The van der Waals surface area contributed by atoms with E-state index in [9.17, 15) is 13.2 Å². The second-order valence-corrected chi connectivity index (χ2v) is 6.30. The number of amides is 1. The van der Waals surface area contributed by atoms with Gasteiger partial charge < -0.3 is 11.1 Å². The smallest absolute Gasteiger partial charge is 0.241 e. The molecule has 1 aromatic rings. The quantitative estimate of drug-likeness (QED) is 0.683. The van der Waals surface area contributed by atoms with Crippen molar-refractivity contribution in [1.82, 2.24) is 10.0 Å². The zero-order valence-corrected chi connectivity index (χ0v) is 12.5. The van der Waals surface area contributed by atoms with Crippen LogP contribution in [0.15, 0.2) is 29.2 Å². The molecule has 0 saturated carbocycles. The Morgan fingerprint density at radius 1 is 1.30 bits per heavy atom. The van der Waals surface area contributed by atoms with Crippen LogP contribution in [0.25, 0.3) is 0 Å². The fourth-order valence-corrected chi connectivity index (χ4v) is 2.50. The highest BCUT2D eigenvalue weighted by Crippen LogP contribution is 2.14. The first kappa shape index (κ1) is 16.6. The van der Waals surface area contributed by atoms with Gasteiger partial charge in [-0.1, -0.05) is 19.1 Å². The number of hydrogen-bond donors (Lipinski definition) is 3. The van der Waals surface area contributed by atoms with Crippen molar-refractivity contribution in [3.63, 3.8) is 0 Å². The predicted octanol–water partition coefficient (Wildman–Crippen LogP) is 0.511. The topological polar surface area (TPSA) is 101 Å². The van der Waals surface area contributed by atoms with E-state index < -0.39 is 10.0 Å². The molecule has 0 bridgehead atoms. The molecule has 20 heavy (non-hydrogen) atoms. The van der Waals surface area contributed by atoms with E-state index in [0.29, 0.717) is 6.54 Å². The molecule has 7 heteroatoms. The summed E-state index contributed by atoms with van der Waals surface area (Å²) in [5.74, 6) is -0.345. The van der Waals surface area contributed by atoms with Crippen molar-refractivity contribution in [2.75, 3.05) is 13.1 Å². The second kappa shape index (κ2) is 7.37. The lowest BCUT2D eigenvalue weighted by atomic mass is 10.1. The summed E-state index contributed by atoms with van der Waals surface area (Å²) in [4.78, 5) is 11.5. The van der Waals surface area contributed by atoms with Gasteiger partial charge in [0.25, 0.3) is 0 Å². The summed E-state index contributed by atoms with van der Waals surface area (Å²) in [5.41, 5.74) is 6.55. The Kier molecular flexibility index (Phi) is 6.12. The van der Waals surface area contributed by atoms with Crippen LogP contribution in [0, 0.1) is 0 Å². The van der Waals surface area contributed by atoms with Crippen molar-refractivity contribution in [3.8, 4) is 0 Å². The number of carbonyl (C=O) groups is 1. The van der Waals surface area contributed by atoms with Crippen LogP contribution in [0.2, 0.25) is 0 Å². The monoisotopic (exact) mass is 299 g/mol. The fraction of sp³-hybridized carbons (Fsp3) is 0.462. The van der Waals surface area contributed by atoms with Gasteiger partial charge in [-0.2, -0.15) is 0 Å². The number of nitrogens with two attached hydrogens (primary N) is 1. The molecule has 1 atom stereocenters. The molecule has 1 aromatic carbocycles. The lowest BCUT2D eigenvalue weighted by molar-refractivity contribution is -0.119. The van der Waals surface area contributed by atoms with Gasteiger partial charge in [-0.25, -0.2) is 13.1 Å². The van der Waals surface area contributed by atoms with E-state index in [1.165, 1.54) is 12.1 Å². The number of nitrogens with one attached hydrogen (secondary N) is 2. The fourth-order valence-electron chi connectivity index (χ4n) is 1.52. The molecule has 0 aliphatic carbocycles. The molecule has 0 fully saturated rings. The Morgan fingerprint density at radius 3 is 2.40 bits per heavy atom. The van der Waals surface area contributed by atoms with Gasteiger partial charge in [0.2, 0.25) is 15.9 Å². The molecule has 4 N–H and O–H groups in total. The highest BCUT2D eigenvalue weighted by atomic mass is 32.2. The molecule has 0 aliphatic heterocycles. The summed E-state index contributed by atoms with van der Waals surface area (Å²) in [6, 6.07) is 6.13. The van der Waals surface area contributed by atoms with Crippen molar-refractivity contribution < 1.29 is 13.2 Å². The van der Waals surface area contributed by atoms with Gasteiger partial charge in [0.05, 0.1) is 11.4 Å². The van der Waals surface area contributed by atoms with Crippen molar-refractivity contribution in [3.05, 3.63) is 29.8 Å². The van der Waals surface area contributed by atoms with Crippen molar-refractivity contribution in [1.29, 1.82) is 0 Å². The third-order valence-electron chi connectivity index (χ3n) is 2.71. The van der Waals surface area contributed by atoms with Crippen LogP contribution in [0.4, 0.5) is 0 Å². The SMILES string of the molecule is CCCNC(=O)CNS(=O)(=O)c1ccc(C(C)N)cc1. The maximum absolute atomic E-state index is 12.0. The predicted molar refractivity (Wildman–Crippen MR) is 77.5 cm³/mol. The van der Waals surface area contributed by atoms with Crippen LogP contribution in [-0.2, 0) is 14.8 Å². The highest BCUT2D eigenvalue weighted by molar-refractivity contribution is 7.89. The lowest BCUT2D eigenvalue weighted by Crippen LogP contribution is -2.37. The highest BCUT2D eigenvalue weighted by Gasteiger charge is 2.15. The van der Waals surface area contributed by atoms with Gasteiger partial charge in [-0.3, -0.25) is 4.79 Å². The summed E-state index contributed by atoms with van der Waals surface area (Å²) >= 11 is 0. The van der Waals surface area contributed by atoms with Crippen LogP contribution < -0.4 is 15.8 Å². The minimum absolute atomic E-state index is 0.116. The van der Waals surface area contributed by atoms with E-state index in [1.54, 1.807) is 12.1 Å². The van der Waals surface area contributed by atoms with E-state index >= 15 is 0 Å². The number of rotatable bonds is 7. The zero-order chi connectivity index (χ0) is 15.2. The minimum Gasteiger partial charge on any atom is -0.355 e. The summed E-state index contributed by atoms with van der Waals surface area (Å²) in [6.07, 6.45) is 0.803. The first-order chi connectivity index (χ1) is 9.36. The Hall–Kier alpha value is -1.44. The summed E-state index contributed by atoms with van der Waals surface area (Å²) < 4.78 is 26.2. The number of benzene rings is 1. The third kappa shape index (κ3) is 4.92. The molecule has 112 valence electrons. The first-order valence-electron chi connectivity index (χ1n) is 6.48. The maximum atomic E-state index is 12.0. The average molecular weight is 299 g/mol. The number of hydrogen-bond acceptors (Lipinski definition) is 4. The Bertz CT molecular complexity index is 538. The van der Waals surface area contributed by atoms with Crippen LogP contribution in [0.5, 0.6) is 0 Å². The summed E-state index contributed by atoms with van der Waals surface area (Å²) in [6.45, 7) is 4.01. The largest absolute Gasteiger partial charge is 0.355 e. The molecular weight excluding hydrogens is 278 g/mol. The Morgan fingerprint density at radius 2 is 1.90 bits per heavy atom. The van der Waals surface area contributed by atoms with Gasteiger partial charge in [-0.05, 0) is 31.0 Å². The average Bonchev–Trinajstić information content (AvgIpc) is 2.43. The van der Waals surface area contributed by atoms with Crippen LogP contribution in [-0.4, -0.2) is 27.4 Å². The molecular formula is C13H21N3O3S. The molecule has 0 aliphatic rings. The Labute approximate surface area is 119 Å². The maximum Gasteiger partial charge on any atom is 0.241 e. The van der Waals surface area contributed by atoms with Gasteiger partial charge in [-0.15, -0.1) is 0 Å². The molecule has 1 unspecified atom stereocenters. The van der Waals surface area contributed by atoms with E-state index in [4.69, 9.17) is 5.73 Å². The van der Waals surface area contributed by atoms with E-state index in [0.717, 1.165) is 12.0 Å². The summed E-state index contributed by atoms with van der Waals surface area (Å²) in [7, 11) is -3.67. The number of sulfonamides is 1. The van der Waals surface area contributed by atoms with Crippen molar-refractivity contribution >= 4 is 15.9 Å². The lowest BCUT2D eigenvalue weighted by Gasteiger charge is -2.09. The first-order valence-corrected chi connectivity index (χ1v) is 7.97. The number of carbonyl (C=O) groups excluding carboxylic acids is 1. The molecule has 0 heterocycles. The van der Waals surface area contributed by atoms with Crippen molar-refractivity contribution in [2.24, 2.45) is 5.73 Å². The van der Waals surface area contributed by atoms with E-state index in [-0.39, 0.29) is 23.4 Å². The second-order valence-electron chi connectivity index (χ2n) is 4.53. The van der Waals surface area contributed by atoms with Gasteiger partial charge in [0.1, 0.15) is 0 Å². The van der Waals surface area contributed by atoms with E-state index in [1.807, 2.05) is 13.8 Å². The normalized spacial score (nSPS) is 12.9. The van der Waals surface area contributed by atoms with E-state index in [2.05, 4.69) is 10.0 Å². The van der Waals surface area contributed by atoms with Gasteiger partial charge in [0.15, 0.2) is 0 Å². The molecule has 1 rings (SSSR count). The van der Waals surface area contributed by atoms with Crippen LogP contribution in [0.3, 0.4) is 0 Å².